The molecular weight excluding hydrogens is 242 g/mol. The van der Waals surface area contributed by atoms with Crippen LogP contribution in [0.5, 0.6) is 0 Å². The van der Waals surface area contributed by atoms with Crippen LogP contribution < -0.4 is 10.2 Å². The van der Waals surface area contributed by atoms with Crippen LogP contribution in [0.4, 0.5) is 20.2 Å². The maximum absolute atomic E-state index is 13.7. The van der Waals surface area contributed by atoms with Gasteiger partial charge in [-0.3, -0.25) is 0 Å². The first-order valence-corrected chi connectivity index (χ1v) is 6.98. The van der Waals surface area contributed by atoms with Crippen molar-refractivity contribution in [3.8, 4) is 0 Å². The summed E-state index contributed by atoms with van der Waals surface area (Å²) >= 11 is 1.92. The minimum absolute atomic E-state index is 0.392. The van der Waals surface area contributed by atoms with Crippen molar-refractivity contribution >= 4 is 23.1 Å². The van der Waals surface area contributed by atoms with Crippen molar-refractivity contribution < 1.29 is 8.78 Å². The third kappa shape index (κ3) is 1.97. The number of anilines is 2. The number of fused-ring (bicyclic) bond motifs is 3. The van der Waals surface area contributed by atoms with Crippen molar-refractivity contribution in [3.05, 3.63) is 23.8 Å². The molecule has 17 heavy (non-hydrogen) atoms. The number of hydrogen-bond acceptors (Lipinski definition) is 3. The van der Waals surface area contributed by atoms with Gasteiger partial charge >= 0.3 is 0 Å². The molecule has 0 aromatic heterocycles. The Balaban J connectivity index is 2.07. The second kappa shape index (κ2) is 4.37. The topological polar surface area (TPSA) is 15.3 Å². The molecule has 2 nitrogen and oxygen atoms in total. The molecule has 1 atom stereocenters. The van der Waals surface area contributed by atoms with E-state index < -0.39 is 11.6 Å². The van der Waals surface area contributed by atoms with E-state index in [0.717, 1.165) is 37.1 Å². The first-order valence-electron chi connectivity index (χ1n) is 5.83. The van der Waals surface area contributed by atoms with Crippen LogP contribution in [-0.4, -0.2) is 30.6 Å². The number of rotatable bonds is 0. The van der Waals surface area contributed by atoms with E-state index in [1.54, 1.807) is 0 Å². The molecule has 2 aliphatic rings. The van der Waals surface area contributed by atoms with E-state index in [2.05, 4.69) is 10.2 Å². The molecule has 1 N–H and O–H groups in total. The number of hydrogen-bond donors (Lipinski definition) is 1. The lowest BCUT2D eigenvalue weighted by Crippen LogP contribution is -2.42. The minimum Gasteiger partial charge on any atom is -0.381 e. The highest BCUT2D eigenvalue weighted by Gasteiger charge is 2.28. The summed E-state index contributed by atoms with van der Waals surface area (Å²) in [6.45, 7) is 1.62. The second-order valence-electron chi connectivity index (χ2n) is 4.42. The molecule has 1 fully saturated rings. The number of nitrogens with zero attached hydrogens (tertiary/aromatic N) is 1. The van der Waals surface area contributed by atoms with Crippen LogP contribution >= 0.6 is 11.8 Å². The average Bonchev–Trinajstić information content (AvgIpc) is 2.49. The SMILES string of the molecule is Fc1cc(F)c2c(c1)N1CCSCC1CCN2. The van der Waals surface area contributed by atoms with Gasteiger partial charge in [0, 0.05) is 36.7 Å². The van der Waals surface area contributed by atoms with Crippen LogP contribution in [0.25, 0.3) is 0 Å². The predicted octanol–water partition coefficient (Wildman–Crippen LogP) is 2.70. The van der Waals surface area contributed by atoms with Gasteiger partial charge in [-0.15, -0.1) is 0 Å². The van der Waals surface area contributed by atoms with Gasteiger partial charge in [0.1, 0.15) is 5.82 Å². The molecule has 0 bridgehead atoms. The molecule has 3 rings (SSSR count). The molecule has 1 aromatic carbocycles. The van der Waals surface area contributed by atoms with E-state index in [0.29, 0.717) is 17.4 Å². The standard InChI is InChI=1S/C12H14F2N2S/c13-8-5-10(14)12-11(6-8)16-3-4-17-7-9(16)1-2-15-12/h5-6,9,15H,1-4,7H2. The van der Waals surface area contributed by atoms with Crippen molar-refractivity contribution in [1.82, 2.24) is 0 Å². The monoisotopic (exact) mass is 256 g/mol. The molecule has 0 amide bonds. The van der Waals surface area contributed by atoms with Gasteiger partial charge in [0.05, 0.1) is 11.4 Å². The van der Waals surface area contributed by atoms with Gasteiger partial charge in [0.15, 0.2) is 5.82 Å². The number of halogens is 2. The van der Waals surface area contributed by atoms with Gasteiger partial charge in [0.25, 0.3) is 0 Å². The third-order valence-electron chi connectivity index (χ3n) is 3.35. The largest absolute Gasteiger partial charge is 0.381 e. The van der Waals surface area contributed by atoms with Crippen molar-refractivity contribution in [2.24, 2.45) is 0 Å². The molecular formula is C12H14F2N2S. The maximum Gasteiger partial charge on any atom is 0.151 e. The Kier molecular flexibility index (Phi) is 2.86. The Morgan fingerprint density at radius 1 is 1.35 bits per heavy atom. The average molecular weight is 256 g/mol. The predicted molar refractivity (Wildman–Crippen MR) is 67.9 cm³/mol. The first-order chi connectivity index (χ1) is 8.25. The Morgan fingerprint density at radius 3 is 3.12 bits per heavy atom. The highest BCUT2D eigenvalue weighted by molar-refractivity contribution is 7.99. The summed E-state index contributed by atoms with van der Waals surface area (Å²) < 4.78 is 27.1. The molecule has 0 aliphatic carbocycles. The summed E-state index contributed by atoms with van der Waals surface area (Å²) in [5.74, 6) is 1.08. The van der Waals surface area contributed by atoms with Crippen LogP contribution in [0.15, 0.2) is 12.1 Å². The van der Waals surface area contributed by atoms with Crippen LogP contribution in [0.1, 0.15) is 6.42 Å². The smallest absolute Gasteiger partial charge is 0.151 e. The molecule has 5 heteroatoms. The number of nitrogens with one attached hydrogen (secondary N) is 1. The van der Waals surface area contributed by atoms with Crippen LogP contribution in [-0.2, 0) is 0 Å². The highest BCUT2D eigenvalue weighted by atomic mass is 32.2. The van der Waals surface area contributed by atoms with Gasteiger partial charge in [-0.2, -0.15) is 11.8 Å². The lowest BCUT2D eigenvalue weighted by atomic mass is 10.1. The van der Waals surface area contributed by atoms with Gasteiger partial charge < -0.3 is 10.2 Å². The summed E-state index contributed by atoms with van der Waals surface area (Å²) in [5, 5.41) is 3.08. The molecule has 0 radical (unpaired) electrons. The first kappa shape index (κ1) is 11.1. The normalized spacial score (nSPS) is 23.4. The quantitative estimate of drug-likeness (QED) is 0.768. The fraction of sp³-hybridized carbons (Fsp3) is 0.500. The zero-order valence-electron chi connectivity index (χ0n) is 9.38. The lowest BCUT2D eigenvalue weighted by Gasteiger charge is -2.36. The molecule has 0 saturated carbocycles. The number of benzene rings is 1. The van der Waals surface area contributed by atoms with Crippen LogP contribution in [0.3, 0.4) is 0 Å². The molecule has 92 valence electrons. The zero-order valence-corrected chi connectivity index (χ0v) is 10.2. The van der Waals surface area contributed by atoms with E-state index in [1.807, 2.05) is 11.8 Å². The highest BCUT2D eigenvalue weighted by Crippen LogP contribution is 2.36. The van der Waals surface area contributed by atoms with Gasteiger partial charge in [-0.1, -0.05) is 0 Å². The number of thioether (sulfide) groups is 1. The Hall–Kier alpha value is -0.970. The summed E-state index contributed by atoms with van der Waals surface area (Å²) in [6.07, 6.45) is 0.975. The lowest BCUT2D eigenvalue weighted by molar-refractivity contribution is 0.582. The van der Waals surface area contributed by atoms with Crippen molar-refractivity contribution in [3.63, 3.8) is 0 Å². The molecule has 1 saturated heterocycles. The molecule has 1 aromatic rings. The molecule has 1 unspecified atom stereocenters. The van der Waals surface area contributed by atoms with Gasteiger partial charge in [0.2, 0.25) is 0 Å². The summed E-state index contributed by atoms with van der Waals surface area (Å²) in [5.41, 5.74) is 1.14. The molecule has 2 aliphatic heterocycles. The van der Waals surface area contributed by atoms with E-state index in [-0.39, 0.29) is 0 Å². The van der Waals surface area contributed by atoms with E-state index in [4.69, 9.17) is 0 Å². The Labute approximate surface area is 103 Å². The zero-order chi connectivity index (χ0) is 11.8. The Morgan fingerprint density at radius 2 is 2.24 bits per heavy atom. The second-order valence-corrected chi connectivity index (χ2v) is 5.57. The van der Waals surface area contributed by atoms with Crippen molar-refractivity contribution in [2.45, 2.75) is 12.5 Å². The minimum atomic E-state index is -0.498. The van der Waals surface area contributed by atoms with Crippen LogP contribution in [0.2, 0.25) is 0 Å². The van der Waals surface area contributed by atoms with E-state index >= 15 is 0 Å². The fourth-order valence-electron chi connectivity index (χ4n) is 2.54. The Bertz CT molecular complexity index is 439. The van der Waals surface area contributed by atoms with Crippen LogP contribution in [0, 0.1) is 11.6 Å². The van der Waals surface area contributed by atoms with E-state index in [9.17, 15) is 8.78 Å². The molecule has 0 spiro atoms. The fourth-order valence-corrected chi connectivity index (χ4v) is 3.65. The summed E-state index contributed by atoms with van der Waals surface area (Å²) in [7, 11) is 0. The maximum atomic E-state index is 13.7. The summed E-state index contributed by atoms with van der Waals surface area (Å²) in [4.78, 5) is 2.15. The van der Waals surface area contributed by atoms with Crippen molar-refractivity contribution in [2.75, 3.05) is 34.8 Å². The van der Waals surface area contributed by atoms with E-state index in [1.165, 1.54) is 6.07 Å². The molecule has 2 heterocycles. The van der Waals surface area contributed by atoms with Gasteiger partial charge in [-0.25, -0.2) is 8.78 Å². The third-order valence-corrected chi connectivity index (χ3v) is 4.44. The van der Waals surface area contributed by atoms with Gasteiger partial charge in [-0.05, 0) is 12.5 Å². The summed E-state index contributed by atoms with van der Waals surface area (Å²) in [6, 6.07) is 2.79. The van der Waals surface area contributed by atoms with Crippen molar-refractivity contribution in [1.29, 1.82) is 0 Å².